The van der Waals surface area contributed by atoms with E-state index in [1.54, 1.807) is 0 Å². The number of carbonyl (C=O) groups excluding carboxylic acids is 1. The first-order valence-electron chi connectivity index (χ1n) is 6.92. The summed E-state index contributed by atoms with van der Waals surface area (Å²) < 4.78 is 5.33. The molecule has 2 heterocycles. The van der Waals surface area contributed by atoms with Crippen LogP contribution in [0.3, 0.4) is 0 Å². The molecule has 2 saturated heterocycles. The van der Waals surface area contributed by atoms with E-state index in [1.807, 2.05) is 0 Å². The summed E-state index contributed by atoms with van der Waals surface area (Å²) in [4.78, 5) is 11.9. The third-order valence-corrected chi connectivity index (χ3v) is 3.86. The molecule has 0 saturated carbocycles. The van der Waals surface area contributed by atoms with E-state index in [2.05, 4.69) is 10.6 Å². The average Bonchev–Trinajstić information content (AvgIpc) is 2.41. The van der Waals surface area contributed by atoms with Gasteiger partial charge in [-0.05, 0) is 44.6 Å². The Kier molecular flexibility index (Phi) is 5.26. The Hall–Kier alpha value is -0.610. The molecule has 17 heavy (non-hydrogen) atoms. The van der Waals surface area contributed by atoms with Gasteiger partial charge in [-0.15, -0.1) is 0 Å². The van der Waals surface area contributed by atoms with Gasteiger partial charge in [-0.25, -0.2) is 0 Å². The van der Waals surface area contributed by atoms with Crippen LogP contribution in [0, 0.1) is 11.8 Å². The molecular formula is C13H24N2O2. The third-order valence-electron chi connectivity index (χ3n) is 3.86. The fourth-order valence-electron chi connectivity index (χ4n) is 2.65. The largest absolute Gasteiger partial charge is 0.381 e. The van der Waals surface area contributed by atoms with Gasteiger partial charge in [0.05, 0.1) is 5.92 Å². The van der Waals surface area contributed by atoms with Gasteiger partial charge in [0.1, 0.15) is 0 Å². The summed E-state index contributed by atoms with van der Waals surface area (Å²) in [5.74, 6) is 1.18. The molecule has 1 atom stereocenters. The zero-order chi connectivity index (χ0) is 11.9. The van der Waals surface area contributed by atoms with E-state index in [-0.39, 0.29) is 11.8 Å². The van der Waals surface area contributed by atoms with Crippen molar-refractivity contribution in [2.45, 2.75) is 32.1 Å². The predicted molar refractivity (Wildman–Crippen MR) is 66.8 cm³/mol. The molecule has 4 heteroatoms. The normalized spacial score (nSPS) is 26.7. The molecule has 0 spiro atoms. The van der Waals surface area contributed by atoms with Crippen LogP contribution in [0.4, 0.5) is 0 Å². The second-order valence-corrected chi connectivity index (χ2v) is 5.18. The lowest BCUT2D eigenvalue weighted by molar-refractivity contribution is -0.125. The van der Waals surface area contributed by atoms with Crippen molar-refractivity contribution in [3.63, 3.8) is 0 Å². The van der Waals surface area contributed by atoms with Crippen molar-refractivity contribution in [1.82, 2.24) is 10.6 Å². The first-order valence-corrected chi connectivity index (χ1v) is 6.92. The molecule has 2 rings (SSSR count). The quantitative estimate of drug-likeness (QED) is 0.768. The van der Waals surface area contributed by atoms with Gasteiger partial charge in [-0.1, -0.05) is 0 Å². The molecule has 0 aromatic rings. The number of hydrogen-bond donors (Lipinski definition) is 2. The number of amides is 1. The van der Waals surface area contributed by atoms with E-state index in [1.165, 1.54) is 0 Å². The number of nitrogens with one attached hydrogen (secondary N) is 2. The van der Waals surface area contributed by atoms with Crippen LogP contribution in [0.15, 0.2) is 0 Å². The van der Waals surface area contributed by atoms with Gasteiger partial charge in [-0.3, -0.25) is 4.79 Å². The monoisotopic (exact) mass is 240 g/mol. The number of carbonyl (C=O) groups is 1. The van der Waals surface area contributed by atoms with Crippen molar-refractivity contribution in [1.29, 1.82) is 0 Å². The van der Waals surface area contributed by atoms with Crippen LogP contribution in [0.25, 0.3) is 0 Å². The maximum absolute atomic E-state index is 11.9. The van der Waals surface area contributed by atoms with Gasteiger partial charge in [-0.2, -0.15) is 0 Å². The number of piperidine rings is 1. The minimum atomic E-state index is 0.193. The SMILES string of the molecule is O=C(NCCC1CCOCC1)[C@@H]1CCCNC1. The molecule has 2 fully saturated rings. The zero-order valence-corrected chi connectivity index (χ0v) is 10.5. The summed E-state index contributed by atoms with van der Waals surface area (Å²) in [6.07, 6.45) is 5.57. The highest BCUT2D eigenvalue weighted by molar-refractivity contribution is 5.78. The smallest absolute Gasteiger partial charge is 0.224 e. The summed E-state index contributed by atoms with van der Waals surface area (Å²) >= 11 is 0. The molecule has 0 aliphatic carbocycles. The van der Waals surface area contributed by atoms with Crippen molar-refractivity contribution in [2.75, 3.05) is 32.8 Å². The van der Waals surface area contributed by atoms with Gasteiger partial charge >= 0.3 is 0 Å². The van der Waals surface area contributed by atoms with Gasteiger partial charge in [0.25, 0.3) is 0 Å². The second-order valence-electron chi connectivity index (χ2n) is 5.18. The van der Waals surface area contributed by atoms with Gasteiger partial charge < -0.3 is 15.4 Å². The maximum Gasteiger partial charge on any atom is 0.224 e. The molecule has 98 valence electrons. The lowest BCUT2D eigenvalue weighted by Crippen LogP contribution is -2.41. The fraction of sp³-hybridized carbons (Fsp3) is 0.923. The van der Waals surface area contributed by atoms with Crippen LogP contribution >= 0.6 is 0 Å². The molecule has 0 bridgehead atoms. The fourth-order valence-corrected chi connectivity index (χ4v) is 2.65. The Bertz CT molecular complexity index is 234. The lowest BCUT2D eigenvalue weighted by Gasteiger charge is -2.24. The van der Waals surface area contributed by atoms with E-state index < -0.39 is 0 Å². The summed E-state index contributed by atoms with van der Waals surface area (Å²) in [5, 5.41) is 6.36. The van der Waals surface area contributed by atoms with Crippen molar-refractivity contribution >= 4 is 5.91 Å². The molecule has 1 amide bonds. The van der Waals surface area contributed by atoms with Gasteiger partial charge in [0, 0.05) is 26.3 Å². The van der Waals surface area contributed by atoms with Crippen molar-refractivity contribution in [3.8, 4) is 0 Å². The van der Waals surface area contributed by atoms with Crippen LogP contribution in [-0.2, 0) is 9.53 Å². The van der Waals surface area contributed by atoms with E-state index in [4.69, 9.17) is 4.74 Å². The molecule has 0 radical (unpaired) electrons. The van der Waals surface area contributed by atoms with Crippen LogP contribution in [-0.4, -0.2) is 38.8 Å². The molecule has 2 aliphatic heterocycles. The molecule has 0 unspecified atom stereocenters. The predicted octanol–water partition coefficient (Wildman–Crippen LogP) is 0.919. The summed E-state index contributed by atoms with van der Waals surface area (Å²) in [5.41, 5.74) is 0. The topological polar surface area (TPSA) is 50.4 Å². The summed E-state index contributed by atoms with van der Waals surface area (Å²) in [6, 6.07) is 0. The molecule has 2 aliphatic rings. The van der Waals surface area contributed by atoms with Gasteiger partial charge in [0.15, 0.2) is 0 Å². The van der Waals surface area contributed by atoms with Gasteiger partial charge in [0.2, 0.25) is 5.91 Å². The molecule has 2 N–H and O–H groups in total. The van der Waals surface area contributed by atoms with E-state index in [0.29, 0.717) is 0 Å². The molecular weight excluding hydrogens is 216 g/mol. The van der Waals surface area contributed by atoms with E-state index >= 15 is 0 Å². The first-order chi connectivity index (χ1) is 8.36. The maximum atomic E-state index is 11.9. The highest BCUT2D eigenvalue weighted by atomic mass is 16.5. The summed E-state index contributed by atoms with van der Waals surface area (Å²) in [6.45, 7) is 4.53. The molecule has 0 aromatic carbocycles. The molecule has 4 nitrogen and oxygen atoms in total. The Morgan fingerprint density at radius 3 is 2.82 bits per heavy atom. The Morgan fingerprint density at radius 2 is 2.12 bits per heavy atom. The first kappa shape index (κ1) is 12.8. The van der Waals surface area contributed by atoms with Crippen molar-refractivity contribution < 1.29 is 9.53 Å². The highest BCUT2D eigenvalue weighted by Gasteiger charge is 2.21. The standard InChI is InChI=1S/C13H24N2O2/c16-13(12-2-1-6-14-10-12)15-7-3-11-4-8-17-9-5-11/h11-12,14H,1-10H2,(H,15,16)/t12-/m1/s1. The zero-order valence-electron chi connectivity index (χ0n) is 10.5. The minimum Gasteiger partial charge on any atom is -0.381 e. The number of hydrogen-bond acceptors (Lipinski definition) is 3. The Labute approximate surface area is 103 Å². The third kappa shape index (κ3) is 4.28. The average molecular weight is 240 g/mol. The highest BCUT2D eigenvalue weighted by Crippen LogP contribution is 2.17. The summed E-state index contributed by atoms with van der Waals surface area (Å²) in [7, 11) is 0. The Morgan fingerprint density at radius 1 is 1.29 bits per heavy atom. The second kappa shape index (κ2) is 6.97. The van der Waals surface area contributed by atoms with Crippen LogP contribution in [0.5, 0.6) is 0 Å². The number of ether oxygens (including phenoxy) is 1. The van der Waals surface area contributed by atoms with Crippen LogP contribution in [0.1, 0.15) is 32.1 Å². The van der Waals surface area contributed by atoms with E-state index in [9.17, 15) is 4.79 Å². The van der Waals surface area contributed by atoms with Crippen molar-refractivity contribution in [3.05, 3.63) is 0 Å². The van der Waals surface area contributed by atoms with Crippen molar-refractivity contribution in [2.24, 2.45) is 11.8 Å². The van der Waals surface area contributed by atoms with Crippen LogP contribution < -0.4 is 10.6 Å². The number of rotatable bonds is 4. The van der Waals surface area contributed by atoms with E-state index in [0.717, 1.165) is 70.9 Å². The lowest BCUT2D eigenvalue weighted by atomic mass is 9.96. The molecule has 0 aromatic heterocycles. The van der Waals surface area contributed by atoms with Crippen LogP contribution in [0.2, 0.25) is 0 Å². The Balaban J connectivity index is 1.58. The minimum absolute atomic E-state index is 0.193.